The smallest absolute Gasteiger partial charge is 0.398 e. The summed E-state index contributed by atoms with van der Waals surface area (Å²) in [4.78, 5) is 11.1. The van der Waals surface area contributed by atoms with Crippen molar-refractivity contribution < 1.29 is 13.7 Å². The second-order valence-electron chi connectivity index (χ2n) is 8.84. The van der Waals surface area contributed by atoms with Crippen molar-refractivity contribution in [2.75, 3.05) is 18.0 Å². The summed E-state index contributed by atoms with van der Waals surface area (Å²) in [6.45, 7) is 13.6. The zero-order valence-corrected chi connectivity index (χ0v) is 18.1. The molecule has 0 atom stereocenters. The average molecular weight is 389 g/mol. The summed E-state index contributed by atoms with van der Waals surface area (Å²) in [6, 6.07) is 2.09. The number of anilines is 1. The standard InChI is InChI=1S/C21H33BFN3O2/c1-7-15(8-2)17-13-18(25-14-24-17)26-11-9-16(10-12-26)19(23)22-27-20(3,4)21(5,6)28-22/h13-15H,7-12H2,1-6H3. The zero-order chi connectivity index (χ0) is 20.5. The summed E-state index contributed by atoms with van der Waals surface area (Å²) in [5.41, 5.74) is 0.591. The van der Waals surface area contributed by atoms with E-state index in [0.717, 1.165) is 43.0 Å². The minimum atomic E-state index is -0.896. The lowest BCUT2D eigenvalue weighted by Gasteiger charge is -2.32. The average Bonchev–Trinajstić information content (AvgIpc) is 2.90. The molecule has 0 aromatic carbocycles. The van der Waals surface area contributed by atoms with Crippen molar-refractivity contribution >= 4 is 12.9 Å². The molecule has 0 saturated carbocycles. The van der Waals surface area contributed by atoms with Gasteiger partial charge in [0.2, 0.25) is 0 Å². The summed E-state index contributed by atoms with van der Waals surface area (Å²) >= 11 is 0. The highest BCUT2D eigenvalue weighted by molar-refractivity contribution is 6.53. The van der Waals surface area contributed by atoms with Gasteiger partial charge in [-0.1, -0.05) is 13.8 Å². The molecule has 5 nitrogen and oxygen atoms in total. The first kappa shape index (κ1) is 21.2. The molecule has 3 heterocycles. The van der Waals surface area contributed by atoms with Crippen LogP contribution in [-0.4, -0.2) is 41.4 Å². The first-order chi connectivity index (χ1) is 13.2. The monoisotopic (exact) mass is 389 g/mol. The van der Waals surface area contributed by atoms with E-state index in [4.69, 9.17) is 9.31 Å². The summed E-state index contributed by atoms with van der Waals surface area (Å²) in [7, 11) is -0.896. The molecule has 0 radical (unpaired) electrons. The first-order valence-electron chi connectivity index (χ1n) is 10.5. The van der Waals surface area contributed by atoms with Gasteiger partial charge in [-0.3, -0.25) is 0 Å². The van der Waals surface area contributed by atoms with E-state index in [0.29, 0.717) is 18.8 Å². The Kier molecular flexibility index (Phi) is 6.15. The maximum absolute atomic E-state index is 15.1. The fraction of sp³-hybridized carbons (Fsp3) is 0.714. The molecule has 2 fully saturated rings. The van der Waals surface area contributed by atoms with Crippen LogP contribution in [0.15, 0.2) is 23.7 Å². The van der Waals surface area contributed by atoms with Crippen LogP contribution in [0.5, 0.6) is 0 Å². The molecule has 0 aliphatic carbocycles. The molecule has 0 spiro atoms. The van der Waals surface area contributed by atoms with Crippen LogP contribution < -0.4 is 4.90 Å². The SMILES string of the molecule is CCC(CC)c1cc(N2CCC(=C(F)B3OC(C)(C)C(C)(C)O3)CC2)ncn1. The molecule has 0 N–H and O–H groups in total. The van der Waals surface area contributed by atoms with E-state index in [1.807, 2.05) is 27.7 Å². The van der Waals surface area contributed by atoms with Crippen molar-refractivity contribution in [3.05, 3.63) is 29.4 Å². The largest absolute Gasteiger partial charge is 0.525 e. The molecule has 3 rings (SSSR count). The molecule has 7 heteroatoms. The van der Waals surface area contributed by atoms with Crippen LogP contribution in [0.3, 0.4) is 0 Å². The summed E-state index contributed by atoms with van der Waals surface area (Å²) in [5.74, 6) is 1.40. The highest BCUT2D eigenvalue weighted by Gasteiger charge is 2.53. The molecule has 154 valence electrons. The van der Waals surface area contributed by atoms with Crippen LogP contribution >= 0.6 is 0 Å². The van der Waals surface area contributed by atoms with Crippen LogP contribution in [0.4, 0.5) is 10.2 Å². The summed E-state index contributed by atoms with van der Waals surface area (Å²) in [5, 5.41) is 0. The lowest BCUT2D eigenvalue weighted by atomic mass is 9.82. The van der Waals surface area contributed by atoms with E-state index < -0.39 is 18.3 Å². The van der Waals surface area contributed by atoms with Gasteiger partial charge >= 0.3 is 7.12 Å². The predicted octanol–water partition coefficient (Wildman–Crippen LogP) is 4.84. The van der Waals surface area contributed by atoms with Gasteiger partial charge in [0.1, 0.15) is 17.9 Å². The minimum Gasteiger partial charge on any atom is -0.398 e. The third-order valence-corrected chi connectivity index (χ3v) is 6.57. The number of hydrogen-bond acceptors (Lipinski definition) is 5. The number of piperidine rings is 1. The quantitative estimate of drug-likeness (QED) is 0.675. The molecule has 1 aromatic rings. The van der Waals surface area contributed by atoms with E-state index in [1.165, 1.54) is 0 Å². The van der Waals surface area contributed by atoms with E-state index in [9.17, 15) is 0 Å². The zero-order valence-electron chi connectivity index (χ0n) is 18.1. The van der Waals surface area contributed by atoms with Gasteiger partial charge in [-0.15, -0.1) is 0 Å². The van der Waals surface area contributed by atoms with Crippen molar-refractivity contribution in [2.24, 2.45) is 0 Å². The molecule has 28 heavy (non-hydrogen) atoms. The Morgan fingerprint density at radius 3 is 2.21 bits per heavy atom. The fourth-order valence-corrected chi connectivity index (χ4v) is 3.82. The molecule has 2 aliphatic rings. The van der Waals surface area contributed by atoms with Crippen LogP contribution in [0, 0.1) is 0 Å². The lowest BCUT2D eigenvalue weighted by molar-refractivity contribution is 0.00578. The predicted molar refractivity (Wildman–Crippen MR) is 111 cm³/mol. The molecule has 0 unspecified atom stereocenters. The Balaban J connectivity index is 1.68. The maximum Gasteiger partial charge on any atom is 0.525 e. The van der Waals surface area contributed by atoms with Crippen molar-refractivity contribution in [1.29, 1.82) is 0 Å². The minimum absolute atomic E-state index is 0.251. The lowest BCUT2D eigenvalue weighted by Crippen LogP contribution is -2.41. The summed E-state index contributed by atoms with van der Waals surface area (Å²) < 4.78 is 26.8. The Hall–Kier alpha value is -1.47. The van der Waals surface area contributed by atoms with Crippen molar-refractivity contribution in [3.63, 3.8) is 0 Å². The molecule has 0 amide bonds. The Bertz CT molecular complexity index is 708. The van der Waals surface area contributed by atoms with Gasteiger partial charge in [0, 0.05) is 30.8 Å². The maximum atomic E-state index is 15.1. The number of hydrogen-bond donors (Lipinski definition) is 0. The van der Waals surface area contributed by atoms with Gasteiger partial charge in [-0.05, 0) is 59.0 Å². The number of nitrogens with zero attached hydrogens (tertiary/aromatic N) is 3. The highest BCUT2D eigenvalue weighted by atomic mass is 19.1. The van der Waals surface area contributed by atoms with Gasteiger partial charge in [0.05, 0.1) is 11.2 Å². The second kappa shape index (κ2) is 8.11. The van der Waals surface area contributed by atoms with Gasteiger partial charge in [0.25, 0.3) is 0 Å². The highest BCUT2D eigenvalue weighted by Crippen LogP contribution is 2.40. The molecule has 2 aliphatic heterocycles. The second-order valence-corrected chi connectivity index (χ2v) is 8.84. The third-order valence-electron chi connectivity index (χ3n) is 6.57. The third kappa shape index (κ3) is 4.11. The molecular formula is C21H33BFN3O2. The van der Waals surface area contributed by atoms with E-state index in [1.54, 1.807) is 6.33 Å². The van der Waals surface area contributed by atoms with Gasteiger partial charge in [-0.2, -0.15) is 0 Å². The molecule has 2 saturated heterocycles. The number of aromatic nitrogens is 2. The Morgan fingerprint density at radius 2 is 1.68 bits per heavy atom. The Morgan fingerprint density at radius 1 is 1.11 bits per heavy atom. The summed E-state index contributed by atoms with van der Waals surface area (Å²) in [6.07, 6.45) is 5.10. The van der Waals surface area contributed by atoms with Gasteiger partial charge < -0.3 is 14.2 Å². The fourth-order valence-electron chi connectivity index (χ4n) is 3.82. The number of halogens is 1. The van der Waals surface area contributed by atoms with Crippen molar-refractivity contribution in [3.8, 4) is 0 Å². The van der Waals surface area contributed by atoms with Crippen molar-refractivity contribution in [2.45, 2.75) is 84.3 Å². The van der Waals surface area contributed by atoms with E-state index >= 15 is 4.39 Å². The van der Waals surface area contributed by atoms with Gasteiger partial charge in [0.15, 0.2) is 0 Å². The normalized spacial score (nSPS) is 21.5. The van der Waals surface area contributed by atoms with E-state index in [-0.39, 0.29) is 5.73 Å². The van der Waals surface area contributed by atoms with Crippen molar-refractivity contribution in [1.82, 2.24) is 9.97 Å². The van der Waals surface area contributed by atoms with Crippen LogP contribution in [-0.2, 0) is 9.31 Å². The van der Waals surface area contributed by atoms with Gasteiger partial charge in [-0.25, -0.2) is 14.4 Å². The van der Waals surface area contributed by atoms with E-state index in [2.05, 4.69) is 34.8 Å². The Labute approximate surface area is 168 Å². The first-order valence-corrected chi connectivity index (χ1v) is 10.5. The molecule has 0 bridgehead atoms. The molecule has 1 aromatic heterocycles. The van der Waals surface area contributed by atoms with Crippen LogP contribution in [0.25, 0.3) is 0 Å². The van der Waals surface area contributed by atoms with Crippen LogP contribution in [0.2, 0.25) is 0 Å². The molecular weight excluding hydrogens is 356 g/mol. The topological polar surface area (TPSA) is 47.5 Å². The number of rotatable bonds is 5. The van der Waals surface area contributed by atoms with Crippen LogP contribution in [0.1, 0.15) is 78.8 Å².